The van der Waals surface area contributed by atoms with Crippen molar-refractivity contribution in [1.82, 2.24) is 25.0 Å². The first kappa shape index (κ1) is 19.9. The Kier molecular flexibility index (Phi) is 6.65. The number of hydrogen-bond acceptors (Lipinski definition) is 5. The standard InChI is InChI=1S/C20H26N6OS/c1-15-23-24-19(26(15)3)12-22-20(25(2)13-17-9-10-28-14-17)21-11-16-5-7-18(27-4)8-6-16/h5-10,14H,11-13H2,1-4H3,(H,21,22). The number of nitrogens with one attached hydrogen (secondary N) is 1. The molecule has 1 N–H and O–H groups in total. The Morgan fingerprint density at radius 1 is 1.21 bits per heavy atom. The van der Waals surface area contributed by atoms with Gasteiger partial charge in [-0.3, -0.25) is 0 Å². The van der Waals surface area contributed by atoms with Crippen LogP contribution in [0.25, 0.3) is 0 Å². The van der Waals surface area contributed by atoms with Gasteiger partial charge in [-0.05, 0) is 47.0 Å². The number of aromatic nitrogens is 3. The van der Waals surface area contributed by atoms with E-state index in [-0.39, 0.29) is 0 Å². The minimum atomic E-state index is 0.562. The van der Waals surface area contributed by atoms with Crippen LogP contribution in [0.15, 0.2) is 46.1 Å². The largest absolute Gasteiger partial charge is 0.497 e. The maximum atomic E-state index is 5.22. The Hall–Kier alpha value is -2.87. The second-order valence-electron chi connectivity index (χ2n) is 6.55. The third kappa shape index (κ3) is 5.10. The van der Waals surface area contributed by atoms with Crippen LogP contribution >= 0.6 is 11.3 Å². The van der Waals surface area contributed by atoms with Crippen molar-refractivity contribution < 1.29 is 4.74 Å². The second kappa shape index (κ2) is 9.36. The minimum absolute atomic E-state index is 0.562. The second-order valence-corrected chi connectivity index (χ2v) is 7.33. The van der Waals surface area contributed by atoms with Gasteiger partial charge in [0.1, 0.15) is 11.6 Å². The van der Waals surface area contributed by atoms with Crippen molar-refractivity contribution in [3.8, 4) is 5.75 Å². The molecule has 0 atom stereocenters. The molecule has 0 saturated carbocycles. The average molecular weight is 399 g/mol. The van der Waals surface area contributed by atoms with E-state index in [0.717, 1.165) is 35.5 Å². The SMILES string of the molecule is COc1ccc(CN=C(NCc2nnc(C)n2C)N(C)Cc2ccsc2)cc1. The number of hydrogen-bond donors (Lipinski definition) is 1. The van der Waals surface area contributed by atoms with Crippen molar-refractivity contribution in [1.29, 1.82) is 0 Å². The van der Waals surface area contributed by atoms with E-state index in [1.165, 1.54) is 5.56 Å². The van der Waals surface area contributed by atoms with Crippen molar-refractivity contribution >= 4 is 17.3 Å². The zero-order chi connectivity index (χ0) is 19.9. The summed E-state index contributed by atoms with van der Waals surface area (Å²) in [6.45, 7) is 3.87. The van der Waals surface area contributed by atoms with Gasteiger partial charge in [0.2, 0.25) is 0 Å². The summed E-state index contributed by atoms with van der Waals surface area (Å²) in [6, 6.07) is 10.1. The number of guanidine groups is 1. The smallest absolute Gasteiger partial charge is 0.194 e. The number of aliphatic imine (C=N–C) groups is 1. The molecular weight excluding hydrogens is 372 g/mol. The maximum absolute atomic E-state index is 5.22. The van der Waals surface area contributed by atoms with E-state index in [0.29, 0.717) is 13.1 Å². The van der Waals surface area contributed by atoms with Crippen molar-refractivity contribution in [2.45, 2.75) is 26.6 Å². The van der Waals surface area contributed by atoms with Gasteiger partial charge in [0, 0.05) is 20.6 Å². The monoisotopic (exact) mass is 398 g/mol. The Bertz CT molecular complexity index is 901. The summed E-state index contributed by atoms with van der Waals surface area (Å²) in [4.78, 5) is 6.94. The van der Waals surface area contributed by atoms with Gasteiger partial charge in [0.25, 0.3) is 0 Å². The number of benzene rings is 1. The van der Waals surface area contributed by atoms with E-state index >= 15 is 0 Å². The van der Waals surface area contributed by atoms with Gasteiger partial charge < -0.3 is 19.5 Å². The molecule has 0 amide bonds. The van der Waals surface area contributed by atoms with Crippen LogP contribution in [0.2, 0.25) is 0 Å². The number of rotatable bonds is 7. The molecule has 0 aliphatic rings. The van der Waals surface area contributed by atoms with E-state index in [1.807, 2.05) is 49.9 Å². The van der Waals surface area contributed by atoms with Gasteiger partial charge in [-0.2, -0.15) is 11.3 Å². The number of nitrogens with zero attached hydrogens (tertiary/aromatic N) is 5. The Morgan fingerprint density at radius 2 is 2.00 bits per heavy atom. The van der Waals surface area contributed by atoms with E-state index in [1.54, 1.807) is 18.4 Å². The van der Waals surface area contributed by atoms with Crippen LogP contribution in [0.3, 0.4) is 0 Å². The molecule has 0 fully saturated rings. The fourth-order valence-electron chi connectivity index (χ4n) is 2.70. The highest BCUT2D eigenvalue weighted by molar-refractivity contribution is 7.07. The van der Waals surface area contributed by atoms with Gasteiger partial charge in [-0.1, -0.05) is 12.1 Å². The molecular formula is C20H26N6OS. The predicted octanol–water partition coefficient (Wildman–Crippen LogP) is 2.97. The highest BCUT2D eigenvalue weighted by Crippen LogP contribution is 2.13. The van der Waals surface area contributed by atoms with Crippen LogP contribution in [0.4, 0.5) is 0 Å². The van der Waals surface area contributed by atoms with Crippen LogP contribution in [0, 0.1) is 6.92 Å². The molecule has 0 bridgehead atoms. The fraction of sp³-hybridized carbons (Fsp3) is 0.350. The van der Waals surface area contributed by atoms with Crippen molar-refractivity contribution in [3.63, 3.8) is 0 Å². The molecule has 0 saturated heterocycles. The summed E-state index contributed by atoms with van der Waals surface area (Å²) in [7, 11) is 5.68. The molecule has 3 rings (SSSR count). The summed E-state index contributed by atoms with van der Waals surface area (Å²) < 4.78 is 7.20. The number of ether oxygens (including phenoxy) is 1. The molecule has 2 heterocycles. The molecule has 0 unspecified atom stereocenters. The van der Waals surface area contributed by atoms with Gasteiger partial charge in [0.15, 0.2) is 11.8 Å². The minimum Gasteiger partial charge on any atom is -0.497 e. The first-order valence-corrected chi connectivity index (χ1v) is 9.99. The Morgan fingerprint density at radius 3 is 2.61 bits per heavy atom. The molecule has 8 heteroatoms. The quantitative estimate of drug-likeness (QED) is 0.490. The van der Waals surface area contributed by atoms with Crippen LogP contribution < -0.4 is 10.1 Å². The zero-order valence-electron chi connectivity index (χ0n) is 16.7. The lowest BCUT2D eigenvalue weighted by Gasteiger charge is -2.22. The lowest BCUT2D eigenvalue weighted by molar-refractivity contribution is 0.414. The average Bonchev–Trinajstić information content (AvgIpc) is 3.33. The van der Waals surface area contributed by atoms with Crippen LogP contribution in [-0.2, 0) is 26.7 Å². The van der Waals surface area contributed by atoms with Gasteiger partial charge in [0.05, 0.1) is 20.2 Å². The number of aryl methyl sites for hydroxylation is 1. The number of methoxy groups -OCH3 is 1. The topological polar surface area (TPSA) is 67.6 Å². The lowest BCUT2D eigenvalue weighted by Crippen LogP contribution is -2.38. The molecule has 0 aliphatic heterocycles. The molecule has 3 aromatic rings. The highest BCUT2D eigenvalue weighted by atomic mass is 32.1. The van der Waals surface area contributed by atoms with E-state index in [2.05, 4.69) is 37.2 Å². The summed E-state index contributed by atoms with van der Waals surface area (Å²) in [5, 5.41) is 16.0. The van der Waals surface area contributed by atoms with Crippen molar-refractivity contribution in [3.05, 3.63) is 63.9 Å². The molecule has 148 valence electrons. The highest BCUT2D eigenvalue weighted by Gasteiger charge is 2.11. The summed E-state index contributed by atoms with van der Waals surface area (Å²) >= 11 is 1.70. The van der Waals surface area contributed by atoms with Crippen LogP contribution in [-0.4, -0.2) is 39.8 Å². The molecule has 7 nitrogen and oxygen atoms in total. The van der Waals surface area contributed by atoms with E-state index < -0.39 is 0 Å². The van der Waals surface area contributed by atoms with Gasteiger partial charge in [-0.25, -0.2) is 4.99 Å². The summed E-state index contributed by atoms with van der Waals surface area (Å²) in [6.07, 6.45) is 0. The third-order valence-electron chi connectivity index (χ3n) is 4.52. The number of thiophene rings is 1. The molecule has 28 heavy (non-hydrogen) atoms. The normalized spacial score (nSPS) is 11.5. The predicted molar refractivity (Wildman–Crippen MR) is 112 cm³/mol. The van der Waals surface area contributed by atoms with Crippen molar-refractivity contribution in [2.75, 3.05) is 14.2 Å². The fourth-order valence-corrected chi connectivity index (χ4v) is 3.36. The Labute approximate surface area is 169 Å². The van der Waals surface area contributed by atoms with Crippen molar-refractivity contribution in [2.24, 2.45) is 12.0 Å². The van der Waals surface area contributed by atoms with Crippen LogP contribution in [0.1, 0.15) is 22.8 Å². The van der Waals surface area contributed by atoms with Crippen LogP contribution in [0.5, 0.6) is 5.75 Å². The van der Waals surface area contributed by atoms with Gasteiger partial charge in [-0.15, -0.1) is 10.2 Å². The molecule has 2 aromatic heterocycles. The summed E-state index contributed by atoms with van der Waals surface area (Å²) in [5.74, 6) is 3.43. The van der Waals surface area contributed by atoms with E-state index in [4.69, 9.17) is 9.73 Å². The molecule has 1 aromatic carbocycles. The maximum Gasteiger partial charge on any atom is 0.194 e. The third-order valence-corrected chi connectivity index (χ3v) is 5.25. The lowest BCUT2D eigenvalue weighted by atomic mass is 10.2. The first-order valence-electron chi connectivity index (χ1n) is 9.05. The zero-order valence-corrected chi connectivity index (χ0v) is 17.5. The molecule has 0 spiro atoms. The summed E-state index contributed by atoms with van der Waals surface area (Å²) in [5.41, 5.74) is 2.39. The van der Waals surface area contributed by atoms with E-state index in [9.17, 15) is 0 Å². The Balaban J connectivity index is 1.72. The molecule has 0 aliphatic carbocycles. The molecule has 0 radical (unpaired) electrons. The first-order chi connectivity index (χ1) is 13.6. The van der Waals surface area contributed by atoms with Gasteiger partial charge >= 0.3 is 0 Å².